The Labute approximate surface area is 184 Å². The highest BCUT2D eigenvalue weighted by Gasteiger charge is 2.34. The quantitative estimate of drug-likeness (QED) is 0.505. The van der Waals surface area contributed by atoms with Gasteiger partial charge in [0.15, 0.2) is 5.82 Å². The summed E-state index contributed by atoms with van der Waals surface area (Å²) < 4.78 is 15.0. The second kappa shape index (κ2) is 8.74. The van der Waals surface area contributed by atoms with Crippen LogP contribution in [0.3, 0.4) is 0 Å². The average molecular weight is 430 g/mol. The first kappa shape index (κ1) is 20.1. The summed E-state index contributed by atoms with van der Waals surface area (Å²) in [6, 6.07) is 15.7. The molecule has 1 saturated heterocycles. The number of nitrogens with zero attached hydrogens (tertiary/aromatic N) is 5. The molecule has 1 N–H and O–H groups in total. The van der Waals surface area contributed by atoms with Gasteiger partial charge in [0, 0.05) is 30.9 Å². The van der Waals surface area contributed by atoms with Crippen molar-refractivity contribution >= 4 is 5.91 Å². The van der Waals surface area contributed by atoms with Gasteiger partial charge in [-0.15, -0.1) is 0 Å². The van der Waals surface area contributed by atoms with Crippen molar-refractivity contribution in [1.29, 1.82) is 0 Å². The van der Waals surface area contributed by atoms with Gasteiger partial charge >= 0.3 is 0 Å². The molecule has 1 atom stereocenters. The van der Waals surface area contributed by atoms with Crippen LogP contribution in [-0.4, -0.2) is 42.3 Å². The minimum atomic E-state index is -0.264. The maximum atomic E-state index is 13.5. The Kier molecular flexibility index (Phi) is 5.49. The molecule has 0 spiro atoms. The van der Waals surface area contributed by atoms with Gasteiger partial charge in [0.25, 0.3) is 5.91 Å². The molecule has 0 saturated carbocycles. The minimum Gasteiger partial charge on any atom is -0.328 e. The molecule has 1 aliphatic heterocycles. The predicted molar refractivity (Wildman–Crippen MR) is 116 cm³/mol. The van der Waals surface area contributed by atoms with Crippen molar-refractivity contribution in [1.82, 2.24) is 29.9 Å². The Morgan fingerprint density at radius 2 is 1.97 bits per heavy atom. The zero-order chi connectivity index (χ0) is 21.9. The Bertz CT molecular complexity index is 1200. The Balaban J connectivity index is 1.35. The summed E-state index contributed by atoms with van der Waals surface area (Å²) >= 11 is 0. The third kappa shape index (κ3) is 4.16. The normalized spacial score (nSPS) is 15.9. The fraction of sp³-hybridized carbons (Fsp3) is 0.250. The van der Waals surface area contributed by atoms with Crippen LogP contribution in [0.1, 0.15) is 52.0 Å². The summed E-state index contributed by atoms with van der Waals surface area (Å²) in [5.74, 6) is 1.04. The fourth-order valence-electron chi connectivity index (χ4n) is 4.20. The van der Waals surface area contributed by atoms with Crippen molar-refractivity contribution in [3.05, 3.63) is 101 Å². The van der Waals surface area contributed by atoms with Crippen LogP contribution in [0.15, 0.2) is 67.0 Å². The molecule has 5 rings (SSSR count). The lowest BCUT2D eigenvalue weighted by Crippen LogP contribution is -2.32. The number of rotatable bonds is 6. The molecule has 162 valence electrons. The number of benzene rings is 2. The number of carbonyl (C=O) groups is 1. The SMILES string of the molecule is O=C(c1ccccc1Cn1cccn1)N1CCC[C@@H]1c1n[nH]c(Cc2ccc(F)cc2)n1. The first-order valence-corrected chi connectivity index (χ1v) is 10.7. The first-order chi connectivity index (χ1) is 15.7. The highest BCUT2D eigenvalue weighted by Crippen LogP contribution is 2.32. The maximum absolute atomic E-state index is 13.5. The lowest BCUT2D eigenvalue weighted by Gasteiger charge is -2.24. The summed E-state index contributed by atoms with van der Waals surface area (Å²) in [4.78, 5) is 20.0. The third-order valence-corrected chi connectivity index (χ3v) is 5.78. The zero-order valence-corrected chi connectivity index (χ0v) is 17.5. The maximum Gasteiger partial charge on any atom is 0.254 e. The Morgan fingerprint density at radius 3 is 2.78 bits per heavy atom. The number of hydrogen-bond acceptors (Lipinski definition) is 4. The van der Waals surface area contributed by atoms with E-state index in [-0.39, 0.29) is 17.8 Å². The molecule has 7 nitrogen and oxygen atoms in total. The summed E-state index contributed by atoms with van der Waals surface area (Å²) in [7, 11) is 0. The van der Waals surface area contributed by atoms with Gasteiger partial charge in [0.2, 0.25) is 0 Å². The van der Waals surface area contributed by atoms with Crippen molar-refractivity contribution in [3.8, 4) is 0 Å². The van der Waals surface area contributed by atoms with Gasteiger partial charge in [-0.3, -0.25) is 14.6 Å². The molecule has 0 unspecified atom stereocenters. The molecular weight excluding hydrogens is 407 g/mol. The van der Waals surface area contributed by atoms with E-state index >= 15 is 0 Å². The van der Waals surface area contributed by atoms with Crippen molar-refractivity contribution in [2.24, 2.45) is 0 Å². The van der Waals surface area contributed by atoms with Crippen LogP contribution in [0.5, 0.6) is 0 Å². The molecule has 0 radical (unpaired) electrons. The lowest BCUT2D eigenvalue weighted by atomic mass is 10.1. The van der Waals surface area contributed by atoms with Crippen LogP contribution in [0, 0.1) is 5.82 Å². The van der Waals surface area contributed by atoms with Crippen molar-refractivity contribution < 1.29 is 9.18 Å². The summed E-state index contributed by atoms with van der Waals surface area (Å²) in [5, 5.41) is 11.6. The van der Waals surface area contributed by atoms with Crippen LogP contribution in [0.4, 0.5) is 4.39 Å². The molecule has 1 aliphatic rings. The number of aromatic nitrogens is 5. The van der Waals surface area contributed by atoms with E-state index in [9.17, 15) is 9.18 Å². The monoisotopic (exact) mass is 430 g/mol. The second-order valence-corrected chi connectivity index (χ2v) is 7.96. The highest BCUT2D eigenvalue weighted by molar-refractivity contribution is 5.96. The third-order valence-electron chi connectivity index (χ3n) is 5.78. The zero-order valence-electron chi connectivity index (χ0n) is 17.5. The molecule has 2 aromatic carbocycles. The van der Waals surface area contributed by atoms with Gasteiger partial charge in [0.1, 0.15) is 11.6 Å². The van der Waals surface area contributed by atoms with Gasteiger partial charge in [-0.1, -0.05) is 30.3 Å². The lowest BCUT2D eigenvalue weighted by molar-refractivity contribution is 0.0728. The minimum absolute atomic E-state index is 0.0138. The summed E-state index contributed by atoms with van der Waals surface area (Å²) in [6.45, 7) is 1.21. The smallest absolute Gasteiger partial charge is 0.254 e. The second-order valence-electron chi connectivity index (χ2n) is 7.96. The molecule has 0 bridgehead atoms. The van der Waals surface area contributed by atoms with Crippen LogP contribution >= 0.6 is 0 Å². The number of H-pyrrole nitrogens is 1. The van der Waals surface area contributed by atoms with Crippen molar-refractivity contribution in [2.45, 2.75) is 31.8 Å². The molecule has 32 heavy (non-hydrogen) atoms. The molecule has 1 amide bonds. The summed E-state index contributed by atoms with van der Waals surface area (Å²) in [5.41, 5.74) is 2.55. The molecule has 2 aromatic heterocycles. The molecule has 1 fully saturated rings. The van der Waals surface area contributed by atoms with E-state index in [0.29, 0.717) is 36.7 Å². The summed E-state index contributed by atoms with van der Waals surface area (Å²) in [6.07, 6.45) is 5.87. The number of carbonyl (C=O) groups excluding carboxylic acids is 1. The van der Waals surface area contributed by atoms with E-state index in [2.05, 4.69) is 20.3 Å². The van der Waals surface area contributed by atoms with Crippen molar-refractivity contribution in [2.75, 3.05) is 6.54 Å². The molecule has 8 heteroatoms. The topological polar surface area (TPSA) is 79.7 Å². The van der Waals surface area contributed by atoms with E-state index < -0.39 is 0 Å². The Morgan fingerprint density at radius 1 is 1.12 bits per heavy atom. The van der Waals surface area contributed by atoms with E-state index in [0.717, 1.165) is 24.0 Å². The molecule has 3 heterocycles. The standard InChI is InChI=1S/C24H23FN6O/c25-19-10-8-17(9-11-19)15-22-27-23(29-28-22)21-7-3-14-31(21)24(32)20-6-2-1-5-18(20)16-30-13-4-12-26-30/h1-2,4-6,8-13,21H,3,7,14-16H2,(H,27,28,29)/t21-/m1/s1. The van der Waals surface area contributed by atoms with E-state index in [1.807, 2.05) is 46.1 Å². The number of nitrogens with one attached hydrogen (secondary N) is 1. The van der Waals surface area contributed by atoms with Gasteiger partial charge < -0.3 is 4.90 Å². The largest absolute Gasteiger partial charge is 0.328 e. The van der Waals surface area contributed by atoms with Gasteiger partial charge in [-0.2, -0.15) is 10.2 Å². The van der Waals surface area contributed by atoms with Gasteiger partial charge in [0.05, 0.1) is 12.6 Å². The molecule has 0 aliphatic carbocycles. The van der Waals surface area contributed by atoms with Crippen LogP contribution < -0.4 is 0 Å². The number of halogens is 1. The fourth-order valence-corrected chi connectivity index (χ4v) is 4.20. The number of likely N-dealkylation sites (tertiary alicyclic amines) is 1. The number of amides is 1. The highest BCUT2D eigenvalue weighted by atomic mass is 19.1. The van der Waals surface area contributed by atoms with Crippen LogP contribution in [0.25, 0.3) is 0 Å². The molecule has 4 aromatic rings. The van der Waals surface area contributed by atoms with Gasteiger partial charge in [-0.05, 0) is 48.2 Å². The van der Waals surface area contributed by atoms with Crippen molar-refractivity contribution in [3.63, 3.8) is 0 Å². The average Bonchev–Trinajstić information content (AvgIpc) is 3.57. The first-order valence-electron chi connectivity index (χ1n) is 10.7. The molecular formula is C24H23FN6O. The number of aromatic amines is 1. The van der Waals surface area contributed by atoms with E-state index in [1.54, 1.807) is 18.3 Å². The Hall–Kier alpha value is -3.81. The van der Waals surface area contributed by atoms with Crippen LogP contribution in [0.2, 0.25) is 0 Å². The van der Waals surface area contributed by atoms with E-state index in [4.69, 9.17) is 0 Å². The predicted octanol–water partition coefficient (Wildman–Crippen LogP) is 3.76. The van der Waals surface area contributed by atoms with E-state index in [1.165, 1.54) is 12.1 Å². The van der Waals surface area contributed by atoms with Gasteiger partial charge in [-0.25, -0.2) is 9.37 Å². The number of hydrogen-bond donors (Lipinski definition) is 1. The van der Waals surface area contributed by atoms with Crippen LogP contribution in [-0.2, 0) is 13.0 Å².